The van der Waals surface area contributed by atoms with Gasteiger partial charge in [-0.3, -0.25) is 9.59 Å². The van der Waals surface area contributed by atoms with Gasteiger partial charge >= 0.3 is 5.97 Å². The van der Waals surface area contributed by atoms with Gasteiger partial charge in [-0.2, -0.15) is 0 Å². The minimum atomic E-state index is -0.777. The van der Waals surface area contributed by atoms with Crippen LogP contribution >= 0.6 is 0 Å². The van der Waals surface area contributed by atoms with Gasteiger partial charge in [0.15, 0.2) is 0 Å². The molecule has 5 heteroatoms. The molecule has 0 fully saturated rings. The highest BCUT2D eigenvalue weighted by Crippen LogP contribution is 2.24. The van der Waals surface area contributed by atoms with Crippen LogP contribution in [0.4, 0.5) is 0 Å². The minimum absolute atomic E-state index is 0.0511. The second-order valence-electron chi connectivity index (χ2n) is 8.84. The molecule has 0 heterocycles. The number of rotatable bonds is 11. The third kappa shape index (κ3) is 7.20. The number of aliphatic carboxylic acids is 1. The Kier molecular flexibility index (Phi) is 8.86. The maximum Gasteiger partial charge on any atom is 0.303 e. The van der Waals surface area contributed by atoms with Gasteiger partial charge in [0.1, 0.15) is 5.75 Å². The average molecular weight is 460 g/mol. The first kappa shape index (κ1) is 25.0. The number of nitrogens with zero attached hydrogens (tertiary/aromatic N) is 1. The Bertz CT molecular complexity index is 1080. The topological polar surface area (TPSA) is 77.8 Å². The summed E-state index contributed by atoms with van der Waals surface area (Å²) in [6, 6.07) is 21.8. The Labute approximate surface area is 201 Å². The number of hydrogen-bond donors (Lipinski definition) is 2. The van der Waals surface area contributed by atoms with Gasteiger partial charge in [0.05, 0.1) is 0 Å². The quantitative estimate of drug-likeness (QED) is 0.386. The molecule has 3 rings (SSSR count). The van der Waals surface area contributed by atoms with Crippen molar-refractivity contribution < 1.29 is 19.8 Å². The zero-order valence-electron chi connectivity index (χ0n) is 20.0. The summed E-state index contributed by atoms with van der Waals surface area (Å²) >= 11 is 0. The maximum absolute atomic E-state index is 13.5. The molecule has 0 radical (unpaired) electrons. The normalized spacial score (nSPS) is 10.8. The van der Waals surface area contributed by atoms with Gasteiger partial charge in [0.2, 0.25) is 0 Å². The molecule has 3 aromatic carbocycles. The molecule has 0 aromatic heterocycles. The molecule has 0 saturated heterocycles. The van der Waals surface area contributed by atoms with E-state index in [2.05, 4.69) is 12.1 Å². The lowest BCUT2D eigenvalue weighted by atomic mass is 10.0. The molecule has 5 nitrogen and oxygen atoms in total. The first-order chi connectivity index (χ1) is 16.3. The van der Waals surface area contributed by atoms with E-state index in [0.29, 0.717) is 36.2 Å². The third-order valence-corrected chi connectivity index (χ3v) is 6.01. The van der Waals surface area contributed by atoms with Gasteiger partial charge in [-0.15, -0.1) is 0 Å². The summed E-state index contributed by atoms with van der Waals surface area (Å²) < 4.78 is 0. The molecule has 0 bridgehead atoms. The Hall–Kier alpha value is -3.60. The summed E-state index contributed by atoms with van der Waals surface area (Å²) in [5.74, 6) is -0.601. The summed E-state index contributed by atoms with van der Waals surface area (Å²) in [4.78, 5) is 26.1. The van der Waals surface area contributed by atoms with Crippen LogP contribution in [0, 0.1) is 13.8 Å². The fourth-order valence-electron chi connectivity index (χ4n) is 4.11. The van der Waals surface area contributed by atoms with Crippen molar-refractivity contribution in [2.45, 2.75) is 52.5 Å². The number of aromatic hydroxyl groups is 1. The molecule has 0 saturated carbocycles. The van der Waals surface area contributed by atoms with E-state index in [1.807, 2.05) is 61.2 Å². The van der Waals surface area contributed by atoms with E-state index >= 15 is 0 Å². The van der Waals surface area contributed by atoms with Crippen LogP contribution in [0.1, 0.15) is 57.4 Å². The fraction of sp³-hybridized carbons (Fsp3) is 0.310. The van der Waals surface area contributed by atoms with E-state index in [0.717, 1.165) is 30.4 Å². The van der Waals surface area contributed by atoms with Crippen molar-refractivity contribution in [2.24, 2.45) is 0 Å². The molecule has 0 aliphatic carbocycles. The van der Waals surface area contributed by atoms with Crippen LogP contribution < -0.4 is 0 Å². The first-order valence-corrected chi connectivity index (χ1v) is 11.8. The molecule has 0 unspecified atom stereocenters. The van der Waals surface area contributed by atoms with Crippen LogP contribution in [0.3, 0.4) is 0 Å². The Morgan fingerprint density at radius 2 is 1.35 bits per heavy atom. The van der Waals surface area contributed by atoms with Crippen molar-refractivity contribution >= 4 is 11.9 Å². The van der Waals surface area contributed by atoms with E-state index < -0.39 is 5.97 Å². The number of aryl methyl sites for hydroxylation is 4. The molecule has 0 atom stereocenters. The number of phenolic OH excluding ortho intramolecular Hbond substituents is 1. The van der Waals surface area contributed by atoms with Gasteiger partial charge in [-0.05, 0) is 79.5 Å². The zero-order chi connectivity index (χ0) is 24.5. The lowest BCUT2D eigenvalue weighted by Gasteiger charge is -2.24. The molecule has 178 valence electrons. The Morgan fingerprint density at radius 1 is 0.794 bits per heavy atom. The summed E-state index contributed by atoms with van der Waals surface area (Å²) in [5.41, 5.74) is 5.34. The highest BCUT2D eigenvalue weighted by atomic mass is 16.4. The minimum Gasteiger partial charge on any atom is -0.507 e. The number of carbonyl (C=O) groups is 2. The SMILES string of the molecule is Cc1cc(C(=O)N(CCCc2ccccc2)Cc2ccc(CCCC(=O)O)cc2)cc(C)c1O. The molecular weight excluding hydrogens is 426 g/mol. The fourth-order valence-corrected chi connectivity index (χ4v) is 4.11. The van der Waals surface area contributed by atoms with Crippen molar-refractivity contribution in [3.05, 3.63) is 100 Å². The van der Waals surface area contributed by atoms with Crippen LogP contribution in [0.25, 0.3) is 0 Å². The molecule has 0 aliphatic rings. The van der Waals surface area contributed by atoms with Crippen LogP contribution in [0.2, 0.25) is 0 Å². The molecule has 2 N–H and O–H groups in total. The van der Waals surface area contributed by atoms with Crippen molar-refractivity contribution in [3.8, 4) is 5.75 Å². The average Bonchev–Trinajstić information content (AvgIpc) is 2.82. The zero-order valence-corrected chi connectivity index (χ0v) is 20.0. The van der Waals surface area contributed by atoms with E-state index in [1.165, 1.54) is 5.56 Å². The van der Waals surface area contributed by atoms with Gasteiger partial charge in [0, 0.05) is 25.1 Å². The van der Waals surface area contributed by atoms with Gasteiger partial charge in [-0.1, -0.05) is 54.6 Å². The van der Waals surface area contributed by atoms with Crippen molar-refractivity contribution in [3.63, 3.8) is 0 Å². The Balaban J connectivity index is 1.73. The number of carbonyl (C=O) groups excluding carboxylic acids is 1. The standard InChI is InChI=1S/C29H33NO4/c1-21-18-26(19-22(2)28(21)33)29(34)30(17-7-11-23-8-4-3-5-9-23)20-25-15-13-24(14-16-25)10-6-12-27(31)32/h3-5,8-9,13-16,18-19,33H,6-7,10-12,17,20H2,1-2H3,(H,31,32). The van der Waals surface area contributed by atoms with E-state index in [-0.39, 0.29) is 18.1 Å². The Morgan fingerprint density at radius 3 is 1.97 bits per heavy atom. The van der Waals surface area contributed by atoms with Crippen LogP contribution in [-0.2, 0) is 24.2 Å². The van der Waals surface area contributed by atoms with Crippen LogP contribution in [0.5, 0.6) is 5.75 Å². The van der Waals surface area contributed by atoms with Gasteiger partial charge in [-0.25, -0.2) is 0 Å². The third-order valence-electron chi connectivity index (χ3n) is 6.01. The summed E-state index contributed by atoms with van der Waals surface area (Å²) in [6.45, 7) is 4.72. The molecule has 3 aromatic rings. The second-order valence-corrected chi connectivity index (χ2v) is 8.84. The molecule has 0 aliphatic heterocycles. The molecule has 0 spiro atoms. The number of carboxylic acids is 1. The van der Waals surface area contributed by atoms with Crippen LogP contribution in [-0.4, -0.2) is 33.5 Å². The molecule has 1 amide bonds. The summed E-state index contributed by atoms with van der Waals surface area (Å²) in [7, 11) is 0. The van der Waals surface area contributed by atoms with Crippen molar-refractivity contribution in [2.75, 3.05) is 6.54 Å². The monoisotopic (exact) mass is 459 g/mol. The highest BCUT2D eigenvalue weighted by molar-refractivity contribution is 5.95. The highest BCUT2D eigenvalue weighted by Gasteiger charge is 2.18. The lowest BCUT2D eigenvalue weighted by molar-refractivity contribution is -0.137. The van der Waals surface area contributed by atoms with E-state index in [4.69, 9.17) is 5.11 Å². The predicted molar refractivity (Wildman–Crippen MR) is 134 cm³/mol. The van der Waals surface area contributed by atoms with Gasteiger partial charge in [0.25, 0.3) is 5.91 Å². The first-order valence-electron chi connectivity index (χ1n) is 11.8. The number of amides is 1. The predicted octanol–water partition coefficient (Wildman–Crippen LogP) is 5.69. The summed E-state index contributed by atoms with van der Waals surface area (Å²) in [6.07, 6.45) is 3.23. The van der Waals surface area contributed by atoms with Crippen LogP contribution in [0.15, 0.2) is 66.7 Å². The van der Waals surface area contributed by atoms with Crippen molar-refractivity contribution in [1.82, 2.24) is 4.90 Å². The number of carboxylic acid groups (broad SMARTS) is 1. The largest absolute Gasteiger partial charge is 0.507 e. The number of hydrogen-bond acceptors (Lipinski definition) is 3. The molecular formula is C29H33NO4. The maximum atomic E-state index is 13.5. The van der Waals surface area contributed by atoms with E-state index in [9.17, 15) is 14.7 Å². The van der Waals surface area contributed by atoms with E-state index in [1.54, 1.807) is 12.1 Å². The van der Waals surface area contributed by atoms with Gasteiger partial charge < -0.3 is 15.1 Å². The number of phenols is 1. The molecule has 34 heavy (non-hydrogen) atoms. The summed E-state index contributed by atoms with van der Waals surface area (Å²) in [5, 5.41) is 18.9. The second kappa shape index (κ2) is 12.0. The smallest absolute Gasteiger partial charge is 0.303 e. The number of benzene rings is 3. The lowest BCUT2D eigenvalue weighted by Crippen LogP contribution is -2.32. The van der Waals surface area contributed by atoms with Crippen molar-refractivity contribution in [1.29, 1.82) is 0 Å².